The Balaban J connectivity index is 2.21. The molecule has 2 atom stereocenters. The second kappa shape index (κ2) is 7.09. The molecule has 1 aliphatic rings. The van der Waals surface area contributed by atoms with Crippen LogP contribution in [0.1, 0.15) is 39.2 Å². The third-order valence-electron chi connectivity index (χ3n) is 3.97. The van der Waals surface area contributed by atoms with Gasteiger partial charge >= 0.3 is 5.97 Å². The lowest BCUT2D eigenvalue weighted by atomic mass is 9.92. The van der Waals surface area contributed by atoms with Gasteiger partial charge in [-0.1, -0.05) is 36.4 Å². The number of Topliss-reactive ketones (excluding diaryl/α,β-unsaturated/α-hetero) is 1. The van der Waals surface area contributed by atoms with E-state index in [2.05, 4.69) is 6.58 Å². The molecule has 1 heterocycles. The predicted molar refractivity (Wildman–Crippen MR) is 89.5 cm³/mol. The summed E-state index contributed by atoms with van der Waals surface area (Å²) in [6.07, 6.45) is 3.07. The van der Waals surface area contributed by atoms with Crippen LogP contribution in [0.2, 0.25) is 0 Å². The van der Waals surface area contributed by atoms with Crippen LogP contribution in [0.15, 0.2) is 43.0 Å². The van der Waals surface area contributed by atoms with E-state index in [4.69, 9.17) is 4.84 Å². The van der Waals surface area contributed by atoms with Crippen molar-refractivity contribution < 1.29 is 14.4 Å². The third-order valence-corrected chi connectivity index (χ3v) is 3.97. The summed E-state index contributed by atoms with van der Waals surface area (Å²) in [6, 6.07) is 9.51. The molecular weight excluding hydrogens is 290 g/mol. The van der Waals surface area contributed by atoms with E-state index in [1.54, 1.807) is 11.1 Å². The standard InChI is InChI=1S/C19H25NO3/c1-5-15-12-17(21)13-16(11-14-9-7-6-8-10-14)20(15)23-18(22)19(2,3)4/h5-10,15-16H,1,11-13H2,2-4H3. The van der Waals surface area contributed by atoms with E-state index in [1.807, 2.05) is 51.1 Å². The molecule has 0 spiro atoms. The van der Waals surface area contributed by atoms with Crippen LogP contribution in [-0.4, -0.2) is 28.9 Å². The van der Waals surface area contributed by atoms with Crippen molar-refractivity contribution in [3.8, 4) is 0 Å². The Morgan fingerprint density at radius 3 is 2.52 bits per heavy atom. The highest BCUT2D eigenvalue weighted by Crippen LogP contribution is 2.27. The number of carbonyl (C=O) groups is 2. The normalized spacial score (nSPS) is 22.7. The van der Waals surface area contributed by atoms with Crippen LogP contribution < -0.4 is 0 Å². The summed E-state index contributed by atoms with van der Waals surface area (Å²) in [5, 5.41) is 1.68. The van der Waals surface area contributed by atoms with Gasteiger partial charge < -0.3 is 4.84 Å². The monoisotopic (exact) mass is 315 g/mol. The van der Waals surface area contributed by atoms with Gasteiger partial charge in [-0.2, -0.15) is 0 Å². The molecule has 4 nitrogen and oxygen atoms in total. The van der Waals surface area contributed by atoms with Crippen LogP contribution in [0, 0.1) is 5.41 Å². The van der Waals surface area contributed by atoms with Crippen LogP contribution in [0.5, 0.6) is 0 Å². The number of hydrogen-bond donors (Lipinski definition) is 0. The summed E-state index contributed by atoms with van der Waals surface area (Å²) in [5.74, 6) is -0.115. The number of carbonyl (C=O) groups excluding carboxylic acids is 2. The molecule has 0 bridgehead atoms. The molecule has 0 aromatic heterocycles. The number of benzene rings is 1. The zero-order chi connectivity index (χ0) is 17.0. The van der Waals surface area contributed by atoms with Crippen molar-refractivity contribution in [1.82, 2.24) is 5.06 Å². The number of piperidine rings is 1. The van der Waals surface area contributed by atoms with Gasteiger partial charge in [-0.25, -0.2) is 4.79 Å². The number of nitrogens with zero attached hydrogens (tertiary/aromatic N) is 1. The fourth-order valence-corrected chi connectivity index (χ4v) is 2.64. The number of rotatable bonds is 4. The predicted octanol–water partition coefficient (Wildman–Crippen LogP) is 3.32. The number of hydrogen-bond acceptors (Lipinski definition) is 4. The van der Waals surface area contributed by atoms with Crippen molar-refractivity contribution in [3.63, 3.8) is 0 Å². The first-order valence-corrected chi connectivity index (χ1v) is 8.00. The van der Waals surface area contributed by atoms with Crippen LogP contribution in [-0.2, 0) is 20.8 Å². The third kappa shape index (κ3) is 4.52. The van der Waals surface area contributed by atoms with Gasteiger partial charge in [-0.05, 0) is 32.8 Å². The summed E-state index contributed by atoms with van der Waals surface area (Å²) in [6.45, 7) is 9.25. The lowest BCUT2D eigenvalue weighted by molar-refractivity contribution is -0.225. The Labute approximate surface area is 138 Å². The molecule has 1 aromatic rings. The molecule has 1 aromatic carbocycles. The molecule has 1 saturated heterocycles. The van der Waals surface area contributed by atoms with Gasteiger partial charge in [-0.3, -0.25) is 4.79 Å². The Kier molecular flexibility index (Phi) is 5.37. The molecule has 0 saturated carbocycles. The first-order chi connectivity index (χ1) is 10.8. The largest absolute Gasteiger partial charge is 0.366 e. The molecular formula is C19H25NO3. The van der Waals surface area contributed by atoms with Crippen LogP contribution in [0.25, 0.3) is 0 Å². The van der Waals surface area contributed by atoms with E-state index in [0.29, 0.717) is 19.3 Å². The van der Waals surface area contributed by atoms with E-state index in [1.165, 1.54) is 0 Å². The minimum atomic E-state index is -0.593. The number of ketones is 1. The lowest BCUT2D eigenvalue weighted by Crippen LogP contribution is -2.51. The summed E-state index contributed by atoms with van der Waals surface area (Å²) in [5.41, 5.74) is 0.525. The molecule has 2 rings (SSSR count). The van der Waals surface area contributed by atoms with Gasteiger partial charge in [0, 0.05) is 12.8 Å². The fourth-order valence-electron chi connectivity index (χ4n) is 2.64. The molecule has 0 radical (unpaired) electrons. The molecule has 1 aliphatic heterocycles. The molecule has 124 valence electrons. The highest BCUT2D eigenvalue weighted by molar-refractivity contribution is 5.81. The van der Waals surface area contributed by atoms with E-state index in [0.717, 1.165) is 5.56 Å². The zero-order valence-electron chi connectivity index (χ0n) is 14.1. The molecule has 1 fully saturated rings. The molecule has 2 unspecified atom stereocenters. The van der Waals surface area contributed by atoms with Crippen LogP contribution >= 0.6 is 0 Å². The van der Waals surface area contributed by atoms with Gasteiger partial charge in [0.1, 0.15) is 5.78 Å². The summed E-state index contributed by atoms with van der Waals surface area (Å²) >= 11 is 0. The van der Waals surface area contributed by atoms with Crippen molar-refractivity contribution in [2.45, 2.75) is 52.1 Å². The summed E-state index contributed by atoms with van der Waals surface area (Å²) in [7, 11) is 0. The summed E-state index contributed by atoms with van der Waals surface area (Å²) < 4.78 is 0. The minimum Gasteiger partial charge on any atom is -0.366 e. The topological polar surface area (TPSA) is 46.6 Å². The highest BCUT2D eigenvalue weighted by atomic mass is 16.7. The summed E-state index contributed by atoms with van der Waals surface area (Å²) in [4.78, 5) is 30.0. The molecule has 23 heavy (non-hydrogen) atoms. The Morgan fingerprint density at radius 2 is 1.96 bits per heavy atom. The first kappa shape index (κ1) is 17.4. The van der Waals surface area contributed by atoms with Gasteiger partial charge in [0.25, 0.3) is 0 Å². The van der Waals surface area contributed by atoms with Crippen molar-refractivity contribution in [2.75, 3.05) is 0 Å². The highest BCUT2D eigenvalue weighted by Gasteiger charge is 2.38. The average Bonchev–Trinajstić information content (AvgIpc) is 2.49. The molecule has 4 heteroatoms. The van der Waals surface area contributed by atoms with Gasteiger partial charge in [0.2, 0.25) is 0 Å². The van der Waals surface area contributed by atoms with Gasteiger partial charge in [0.15, 0.2) is 0 Å². The van der Waals surface area contributed by atoms with Crippen LogP contribution in [0.3, 0.4) is 0 Å². The van der Waals surface area contributed by atoms with Crippen molar-refractivity contribution >= 4 is 11.8 Å². The number of hydroxylamine groups is 2. The smallest absolute Gasteiger partial charge is 0.330 e. The maximum absolute atomic E-state index is 12.3. The molecule has 0 amide bonds. The lowest BCUT2D eigenvalue weighted by Gasteiger charge is -2.39. The first-order valence-electron chi connectivity index (χ1n) is 8.00. The Morgan fingerprint density at radius 1 is 1.30 bits per heavy atom. The van der Waals surface area contributed by atoms with E-state index < -0.39 is 5.41 Å². The van der Waals surface area contributed by atoms with E-state index >= 15 is 0 Å². The average molecular weight is 315 g/mol. The van der Waals surface area contributed by atoms with E-state index in [-0.39, 0.29) is 23.8 Å². The van der Waals surface area contributed by atoms with Crippen molar-refractivity contribution in [1.29, 1.82) is 0 Å². The van der Waals surface area contributed by atoms with Crippen LogP contribution in [0.4, 0.5) is 0 Å². The fraction of sp³-hybridized carbons (Fsp3) is 0.474. The molecule has 0 aliphatic carbocycles. The minimum absolute atomic E-state index is 0.159. The van der Waals surface area contributed by atoms with Gasteiger partial charge in [0.05, 0.1) is 17.5 Å². The zero-order valence-corrected chi connectivity index (χ0v) is 14.1. The Hall–Kier alpha value is -1.94. The second-order valence-electron chi connectivity index (χ2n) is 7.08. The maximum atomic E-state index is 12.3. The second-order valence-corrected chi connectivity index (χ2v) is 7.08. The molecule has 0 N–H and O–H groups in total. The maximum Gasteiger partial charge on any atom is 0.330 e. The quantitative estimate of drug-likeness (QED) is 0.800. The van der Waals surface area contributed by atoms with E-state index in [9.17, 15) is 9.59 Å². The van der Waals surface area contributed by atoms with Crippen molar-refractivity contribution in [2.24, 2.45) is 5.41 Å². The van der Waals surface area contributed by atoms with Gasteiger partial charge in [-0.15, -0.1) is 11.6 Å². The SMILES string of the molecule is C=CC1CC(=O)CC(Cc2ccccc2)N1OC(=O)C(C)(C)C. The van der Waals surface area contributed by atoms with Crippen molar-refractivity contribution in [3.05, 3.63) is 48.6 Å². The Bertz CT molecular complexity index is 574.